The predicted octanol–water partition coefficient (Wildman–Crippen LogP) is 2.25. The Morgan fingerprint density at radius 1 is 1.42 bits per heavy atom. The van der Waals surface area contributed by atoms with Gasteiger partial charge in [0.1, 0.15) is 0 Å². The van der Waals surface area contributed by atoms with Crippen LogP contribution in [-0.4, -0.2) is 29.9 Å². The van der Waals surface area contributed by atoms with Crippen LogP contribution in [0.1, 0.15) is 20.3 Å². The van der Waals surface area contributed by atoms with E-state index in [1.54, 1.807) is 6.07 Å². The second kappa shape index (κ2) is 5.89. The van der Waals surface area contributed by atoms with Crippen LogP contribution in [-0.2, 0) is 4.79 Å². The minimum Gasteiger partial charge on any atom is -0.397 e. The van der Waals surface area contributed by atoms with Gasteiger partial charge in [-0.1, -0.05) is 23.8 Å². The number of anilines is 2. The minimum absolute atomic E-state index is 0.00847. The van der Waals surface area contributed by atoms with E-state index in [0.29, 0.717) is 11.4 Å². The Balaban J connectivity index is 1.98. The molecule has 1 aliphatic heterocycles. The van der Waals surface area contributed by atoms with Gasteiger partial charge in [0.05, 0.1) is 17.4 Å². The average Bonchev–Trinajstić information content (AvgIpc) is 2.41. The first-order chi connectivity index (χ1) is 9.08. The molecule has 0 radical (unpaired) electrons. The van der Waals surface area contributed by atoms with E-state index in [2.05, 4.69) is 23.2 Å². The van der Waals surface area contributed by atoms with Crippen molar-refractivity contribution in [3.8, 4) is 0 Å². The first-order valence-electron chi connectivity index (χ1n) is 6.63. The van der Waals surface area contributed by atoms with Gasteiger partial charge < -0.3 is 11.1 Å². The van der Waals surface area contributed by atoms with Gasteiger partial charge in [0.2, 0.25) is 5.91 Å². The van der Waals surface area contributed by atoms with Crippen LogP contribution in [0.15, 0.2) is 35.9 Å². The SMILES string of the molecule is CC1=CCN(C(C)C(=O)Nc2ccccc2N)CC1. The molecule has 0 spiro atoms. The van der Waals surface area contributed by atoms with Gasteiger partial charge in [-0.3, -0.25) is 9.69 Å². The van der Waals surface area contributed by atoms with E-state index >= 15 is 0 Å². The second-order valence-corrected chi connectivity index (χ2v) is 5.05. The van der Waals surface area contributed by atoms with E-state index in [-0.39, 0.29) is 11.9 Å². The zero-order valence-corrected chi connectivity index (χ0v) is 11.5. The van der Waals surface area contributed by atoms with Crippen molar-refractivity contribution in [3.63, 3.8) is 0 Å². The van der Waals surface area contributed by atoms with Gasteiger partial charge in [-0.2, -0.15) is 0 Å². The summed E-state index contributed by atoms with van der Waals surface area (Å²) < 4.78 is 0. The normalized spacial score (nSPS) is 17.7. The van der Waals surface area contributed by atoms with Gasteiger partial charge >= 0.3 is 0 Å². The number of benzene rings is 1. The molecule has 19 heavy (non-hydrogen) atoms. The summed E-state index contributed by atoms with van der Waals surface area (Å²) in [6.07, 6.45) is 3.22. The van der Waals surface area contributed by atoms with Crippen LogP contribution >= 0.6 is 0 Å². The summed E-state index contributed by atoms with van der Waals surface area (Å²) in [5.74, 6) is -0.00847. The molecule has 1 amide bonds. The molecule has 0 saturated heterocycles. The summed E-state index contributed by atoms with van der Waals surface area (Å²) in [4.78, 5) is 14.4. The van der Waals surface area contributed by atoms with Crippen molar-refractivity contribution in [1.82, 2.24) is 4.90 Å². The van der Waals surface area contributed by atoms with Crippen molar-refractivity contribution in [1.29, 1.82) is 0 Å². The van der Waals surface area contributed by atoms with E-state index in [0.717, 1.165) is 19.5 Å². The first kappa shape index (κ1) is 13.6. The third-order valence-corrected chi connectivity index (χ3v) is 3.61. The van der Waals surface area contributed by atoms with Crippen LogP contribution in [0.4, 0.5) is 11.4 Å². The van der Waals surface area contributed by atoms with Crippen molar-refractivity contribution >= 4 is 17.3 Å². The number of amides is 1. The number of nitrogens with two attached hydrogens (primary N) is 1. The highest BCUT2D eigenvalue weighted by atomic mass is 16.2. The molecule has 2 rings (SSSR count). The van der Waals surface area contributed by atoms with E-state index < -0.39 is 0 Å². The van der Waals surface area contributed by atoms with E-state index in [1.807, 2.05) is 25.1 Å². The van der Waals surface area contributed by atoms with Crippen LogP contribution in [0.2, 0.25) is 0 Å². The highest BCUT2D eigenvalue weighted by molar-refractivity contribution is 5.97. The fourth-order valence-corrected chi connectivity index (χ4v) is 2.15. The Morgan fingerprint density at radius 3 is 2.79 bits per heavy atom. The topological polar surface area (TPSA) is 58.4 Å². The molecule has 1 aromatic carbocycles. The van der Waals surface area contributed by atoms with Crippen molar-refractivity contribution in [2.24, 2.45) is 0 Å². The fraction of sp³-hybridized carbons (Fsp3) is 0.400. The molecular weight excluding hydrogens is 238 g/mol. The summed E-state index contributed by atoms with van der Waals surface area (Å²) in [7, 11) is 0. The van der Waals surface area contributed by atoms with Crippen LogP contribution < -0.4 is 11.1 Å². The third-order valence-electron chi connectivity index (χ3n) is 3.61. The van der Waals surface area contributed by atoms with Crippen LogP contribution in [0.25, 0.3) is 0 Å². The van der Waals surface area contributed by atoms with Crippen molar-refractivity contribution in [2.75, 3.05) is 24.1 Å². The molecule has 4 nitrogen and oxygen atoms in total. The van der Waals surface area contributed by atoms with E-state index in [4.69, 9.17) is 5.73 Å². The summed E-state index contributed by atoms with van der Waals surface area (Å²) >= 11 is 0. The maximum Gasteiger partial charge on any atom is 0.241 e. The molecule has 0 aliphatic carbocycles. The number of carbonyl (C=O) groups excluding carboxylic acids is 1. The lowest BCUT2D eigenvalue weighted by Crippen LogP contribution is -2.44. The maximum absolute atomic E-state index is 12.2. The van der Waals surface area contributed by atoms with Gasteiger partial charge in [0.15, 0.2) is 0 Å². The molecule has 1 aromatic rings. The molecule has 102 valence electrons. The third kappa shape index (κ3) is 3.35. The minimum atomic E-state index is -0.149. The lowest BCUT2D eigenvalue weighted by Gasteiger charge is -2.30. The Kier molecular flexibility index (Phi) is 4.22. The second-order valence-electron chi connectivity index (χ2n) is 5.05. The molecule has 1 aliphatic rings. The fourth-order valence-electron chi connectivity index (χ4n) is 2.15. The Morgan fingerprint density at radius 2 is 2.16 bits per heavy atom. The number of nitrogens with zero attached hydrogens (tertiary/aromatic N) is 1. The van der Waals surface area contributed by atoms with Crippen LogP contribution in [0, 0.1) is 0 Å². The Hall–Kier alpha value is -1.81. The molecule has 1 heterocycles. The molecule has 0 fully saturated rings. The highest BCUT2D eigenvalue weighted by Crippen LogP contribution is 2.18. The van der Waals surface area contributed by atoms with E-state index in [9.17, 15) is 4.79 Å². The first-order valence-corrected chi connectivity index (χ1v) is 6.63. The largest absolute Gasteiger partial charge is 0.397 e. The summed E-state index contributed by atoms with van der Waals surface area (Å²) in [5.41, 5.74) is 8.51. The van der Waals surface area contributed by atoms with Crippen LogP contribution in [0.3, 0.4) is 0 Å². The van der Waals surface area contributed by atoms with Gasteiger partial charge in [-0.15, -0.1) is 0 Å². The summed E-state index contributed by atoms with van der Waals surface area (Å²) in [6, 6.07) is 7.17. The molecule has 0 bridgehead atoms. The lowest BCUT2D eigenvalue weighted by atomic mass is 10.1. The molecule has 3 N–H and O–H groups in total. The lowest BCUT2D eigenvalue weighted by molar-refractivity contribution is -0.120. The predicted molar refractivity (Wildman–Crippen MR) is 78.9 cm³/mol. The average molecular weight is 259 g/mol. The number of para-hydroxylation sites is 2. The molecule has 1 unspecified atom stereocenters. The van der Waals surface area contributed by atoms with Crippen molar-refractivity contribution in [2.45, 2.75) is 26.3 Å². The van der Waals surface area contributed by atoms with Crippen molar-refractivity contribution < 1.29 is 4.79 Å². The maximum atomic E-state index is 12.2. The molecule has 0 aromatic heterocycles. The number of nitrogens with one attached hydrogen (secondary N) is 1. The molecular formula is C15H21N3O. The van der Waals surface area contributed by atoms with Gasteiger partial charge in [0, 0.05) is 13.1 Å². The number of hydrogen-bond acceptors (Lipinski definition) is 3. The van der Waals surface area contributed by atoms with Gasteiger partial charge in [-0.05, 0) is 32.4 Å². The summed E-state index contributed by atoms with van der Waals surface area (Å²) in [6.45, 7) is 5.83. The van der Waals surface area contributed by atoms with Gasteiger partial charge in [0.25, 0.3) is 0 Å². The van der Waals surface area contributed by atoms with E-state index in [1.165, 1.54) is 5.57 Å². The number of carbonyl (C=O) groups is 1. The molecule has 4 heteroatoms. The molecule has 0 saturated carbocycles. The zero-order chi connectivity index (χ0) is 13.8. The monoisotopic (exact) mass is 259 g/mol. The number of rotatable bonds is 3. The molecule has 1 atom stereocenters. The number of nitrogen functional groups attached to an aromatic ring is 1. The highest BCUT2D eigenvalue weighted by Gasteiger charge is 2.22. The van der Waals surface area contributed by atoms with Crippen LogP contribution in [0.5, 0.6) is 0 Å². The zero-order valence-electron chi connectivity index (χ0n) is 11.5. The quantitative estimate of drug-likeness (QED) is 0.646. The summed E-state index contributed by atoms with van der Waals surface area (Å²) in [5, 5.41) is 2.89. The van der Waals surface area contributed by atoms with Gasteiger partial charge in [-0.25, -0.2) is 0 Å². The Bertz CT molecular complexity index is 496. The Labute approximate surface area is 114 Å². The smallest absolute Gasteiger partial charge is 0.241 e. The standard InChI is InChI=1S/C15H21N3O/c1-11-7-9-18(10-8-11)12(2)15(19)17-14-6-4-3-5-13(14)16/h3-7,12H,8-10,16H2,1-2H3,(H,17,19). The number of hydrogen-bond donors (Lipinski definition) is 2. The van der Waals surface area contributed by atoms with Crippen molar-refractivity contribution in [3.05, 3.63) is 35.9 Å².